The standard InChI is InChI=1S/C12H13BrN2S/c1-8(13)7-14-9(2)12-15-10-5-3-4-6-11(10)16-12/h3-6,9,14H,1,7H2,2H3. The number of halogens is 1. The lowest BCUT2D eigenvalue weighted by Gasteiger charge is -2.09. The summed E-state index contributed by atoms with van der Waals surface area (Å²) in [6.45, 7) is 6.68. The Morgan fingerprint density at radius 3 is 3.00 bits per heavy atom. The highest BCUT2D eigenvalue weighted by Gasteiger charge is 2.10. The molecule has 0 saturated heterocycles. The van der Waals surface area contributed by atoms with E-state index in [-0.39, 0.29) is 6.04 Å². The van der Waals surface area contributed by atoms with Crippen LogP contribution < -0.4 is 5.32 Å². The van der Waals surface area contributed by atoms with E-state index in [1.54, 1.807) is 11.3 Å². The van der Waals surface area contributed by atoms with Crippen molar-refractivity contribution in [2.45, 2.75) is 13.0 Å². The fourth-order valence-corrected chi connectivity index (χ4v) is 2.58. The molecule has 1 heterocycles. The van der Waals surface area contributed by atoms with Crippen LogP contribution >= 0.6 is 27.3 Å². The highest BCUT2D eigenvalue weighted by molar-refractivity contribution is 9.11. The summed E-state index contributed by atoms with van der Waals surface area (Å²) in [4.78, 5) is 4.60. The van der Waals surface area contributed by atoms with E-state index >= 15 is 0 Å². The van der Waals surface area contributed by atoms with Gasteiger partial charge in [0, 0.05) is 11.0 Å². The van der Waals surface area contributed by atoms with Gasteiger partial charge in [0.1, 0.15) is 5.01 Å². The first kappa shape index (κ1) is 11.8. The Bertz CT molecular complexity index is 473. The van der Waals surface area contributed by atoms with E-state index in [2.05, 4.69) is 45.8 Å². The van der Waals surface area contributed by atoms with Crippen LogP contribution in [0.15, 0.2) is 35.3 Å². The Kier molecular flexibility index (Phi) is 3.74. The van der Waals surface area contributed by atoms with Gasteiger partial charge in [0.05, 0.1) is 16.3 Å². The van der Waals surface area contributed by atoms with Crippen LogP contribution in [-0.4, -0.2) is 11.5 Å². The lowest BCUT2D eigenvalue weighted by atomic mass is 10.3. The van der Waals surface area contributed by atoms with Gasteiger partial charge < -0.3 is 5.32 Å². The second-order valence-electron chi connectivity index (χ2n) is 3.64. The van der Waals surface area contributed by atoms with Crippen LogP contribution in [0.3, 0.4) is 0 Å². The van der Waals surface area contributed by atoms with Gasteiger partial charge in [-0.05, 0) is 19.1 Å². The lowest BCUT2D eigenvalue weighted by Crippen LogP contribution is -2.19. The summed E-state index contributed by atoms with van der Waals surface area (Å²) < 4.78 is 2.20. The highest BCUT2D eigenvalue weighted by Crippen LogP contribution is 2.26. The van der Waals surface area contributed by atoms with Gasteiger partial charge in [-0.2, -0.15) is 0 Å². The van der Waals surface area contributed by atoms with Gasteiger partial charge in [-0.1, -0.05) is 34.6 Å². The molecule has 1 N–H and O–H groups in total. The van der Waals surface area contributed by atoms with Gasteiger partial charge in [0.15, 0.2) is 0 Å². The Morgan fingerprint density at radius 2 is 2.31 bits per heavy atom. The van der Waals surface area contributed by atoms with Crippen LogP contribution in [0.1, 0.15) is 18.0 Å². The molecule has 0 aliphatic heterocycles. The molecule has 4 heteroatoms. The molecule has 2 rings (SSSR count). The van der Waals surface area contributed by atoms with Gasteiger partial charge >= 0.3 is 0 Å². The maximum absolute atomic E-state index is 4.60. The molecule has 0 amide bonds. The number of nitrogens with one attached hydrogen (secondary N) is 1. The van der Waals surface area contributed by atoms with Crippen LogP contribution in [0.25, 0.3) is 10.2 Å². The number of benzene rings is 1. The number of fused-ring (bicyclic) bond motifs is 1. The van der Waals surface area contributed by atoms with Crippen molar-refractivity contribution in [2.24, 2.45) is 0 Å². The van der Waals surface area contributed by atoms with E-state index < -0.39 is 0 Å². The van der Waals surface area contributed by atoms with Gasteiger partial charge in [-0.25, -0.2) is 4.98 Å². The van der Waals surface area contributed by atoms with Gasteiger partial charge in [-0.15, -0.1) is 11.3 Å². The zero-order chi connectivity index (χ0) is 11.5. The Labute approximate surface area is 108 Å². The first-order valence-corrected chi connectivity index (χ1v) is 6.70. The molecule has 0 aliphatic rings. The van der Waals surface area contributed by atoms with Crippen LogP contribution in [0.5, 0.6) is 0 Å². The average Bonchev–Trinajstić information content (AvgIpc) is 2.69. The number of thiazole rings is 1. The third kappa shape index (κ3) is 2.70. The SMILES string of the molecule is C=C(Br)CNC(C)c1nc2ccccc2s1. The van der Waals surface area contributed by atoms with Crippen LogP contribution in [0.4, 0.5) is 0 Å². The van der Waals surface area contributed by atoms with Crippen molar-refractivity contribution in [3.8, 4) is 0 Å². The first-order chi connectivity index (χ1) is 7.66. The molecule has 1 aromatic carbocycles. The fraction of sp³-hybridized carbons (Fsp3) is 0.250. The molecule has 1 aromatic heterocycles. The summed E-state index contributed by atoms with van der Waals surface area (Å²) in [6, 6.07) is 8.47. The molecule has 0 bridgehead atoms. The smallest absolute Gasteiger partial charge is 0.111 e. The zero-order valence-electron chi connectivity index (χ0n) is 9.03. The molecule has 2 aromatic rings. The topological polar surface area (TPSA) is 24.9 Å². The third-order valence-electron chi connectivity index (χ3n) is 2.28. The summed E-state index contributed by atoms with van der Waals surface area (Å²) in [5.41, 5.74) is 1.08. The number of rotatable bonds is 4. The zero-order valence-corrected chi connectivity index (χ0v) is 11.4. The van der Waals surface area contributed by atoms with E-state index in [1.807, 2.05) is 18.2 Å². The number of hydrogen-bond donors (Lipinski definition) is 1. The molecule has 2 nitrogen and oxygen atoms in total. The molecule has 16 heavy (non-hydrogen) atoms. The molecule has 0 aliphatic carbocycles. The van der Waals surface area contributed by atoms with Crippen molar-refractivity contribution in [3.05, 3.63) is 40.3 Å². The van der Waals surface area contributed by atoms with Crippen molar-refractivity contribution in [2.75, 3.05) is 6.54 Å². The largest absolute Gasteiger partial charge is 0.304 e. The van der Waals surface area contributed by atoms with Crippen molar-refractivity contribution >= 4 is 37.5 Å². The van der Waals surface area contributed by atoms with Crippen molar-refractivity contribution in [1.82, 2.24) is 10.3 Å². The number of hydrogen-bond acceptors (Lipinski definition) is 3. The molecule has 1 unspecified atom stereocenters. The van der Waals surface area contributed by atoms with E-state index in [0.717, 1.165) is 21.6 Å². The van der Waals surface area contributed by atoms with Gasteiger partial charge in [-0.3, -0.25) is 0 Å². The fourth-order valence-electron chi connectivity index (χ4n) is 1.43. The second-order valence-corrected chi connectivity index (χ2v) is 5.82. The quantitative estimate of drug-likeness (QED) is 0.927. The molecule has 0 fully saturated rings. The number of para-hydroxylation sites is 1. The predicted octanol–water partition coefficient (Wildman–Crippen LogP) is 3.86. The summed E-state index contributed by atoms with van der Waals surface area (Å²) in [6.07, 6.45) is 0. The van der Waals surface area contributed by atoms with Crippen molar-refractivity contribution in [3.63, 3.8) is 0 Å². The normalized spacial score (nSPS) is 12.9. The summed E-state index contributed by atoms with van der Waals surface area (Å²) in [5.74, 6) is 0. The van der Waals surface area contributed by atoms with Gasteiger partial charge in [0.2, 0.25) is 0 Å². The van der Waals surface area contributed by atoms with E-state index in [0.29, 0.717) is 0 Å². The van der Waals surface area contributed by atoms with E-state index in [4.69, 9.17) is 0 Å². The molecular weight excluding hydrogens is 284 g/mol. The summed E-state index contributed by atoms with van der Waals surface area (Å²) >= 11 is 5.07. The maximum Gasteiger partial charge on any atom is 0.111 e. The molecule has 0 spiro atoms. The number of nitrogens with zero attached hydrogens (tertiary/aromatic N) is 1. The second kappa shape index (κ2) is 5.08. The van der Waals surface area contributed by atoms with Crippen LogP contribution in [0, 0.1) is 0 Å². The summed E-state index contributed by atoms with van der Waals surface area (Å²) in [5, 5.41) is 4.48. The molecule has 0 saturated carbocycles. The molecular formula is C12H13BrN2S. The minimum Gasteiger partial charge on any atom is -0.304 e. The van der Waals surface area contributed by atoms with Crippen LogP contribution in [0.2, 0.25) is 0 Å². The van der Waals surface area contributed by atoms with Crippen molar-refractivity contribution in [1.29, 1.82) is 0 Å². The Hall–Kier alpha value is -0.710. The van der Waals surface area contributed by atoms with E-state index in [1.165, 1.54) is 4.70 Å². The predicted molar refractivity (Wildman–Crippen MR) is 74.1 cm³/mol. The lowest BCUT2D eigenvalue weighted by molar-refractivity contribution is 0.613. The van der Waals surface area contributed by atoms with Gasteiger partial charge in [0.25, 0.3) is 0 Å². The highest BCUT2D eigenvalue weighted by atomic mass is 79.9. The maximum atomic E-state index is 4.60. The molecule has 0 radical (unpaired) electrons. The Balaban J connectivity index is 2.16. The summed E-state index contributed by atoms with van der Waals surface area (Å²) in [7, 11) is 0. The monoisotopic (exact) mass is 296 g/mol. The average molecular weight is 297 g/mol. The van der Waals surface area contributed by atoms with E-state index in [9.17, 15) is 0 Å². The molecule has 1 atom stereocenters. The molecule has 84 valence electrons. The van der Waals surface area contributed by atoms with Crippen LogP contribution in [-0.2, 0) is 0 Å². The third-order valence-corrected chi connectivity index (χ3v) is 3.78. The minimum atomic E-state index is 0.256. The number of aromatic nitrogens is 1. The minimum absolute atomic E-state index is 0.256. The first-order valence-electron chi connectivity index (χ1n) is 5.09. The Morgan fingerprint density at radius 1 is 1.56 bits per heavy atom. The van der Waals surface area contributed by atoms with Crippen molar-refractivity contribution < 1.29 is 0 Å².